The molecule has 4 rings (SSSR count). The van der Waals surface area contributed by atoms with E-state index in [-0.39, 0.29) is 0 Å². The van der Waals surface area contributed by atoms with Gasteiger partial charge in [0.15, 0.2) is 6.20 Å². The van der Waals surface area contributed by atoms with E-state index in [4.69, 9.17) is 9.47 Å². The maximum atomic E-state index is 5.32. The molecule has 0 N–H and O–H groups in total. The predicted molar refractivity (Wildman–Crippen MR) is 119 cm³/mol. The summed E-state index contributed by atoms with van der Waals surface area (Å²) < 4.78 is 12.8. The number of rotatable bonds is 5. The molecule has 2 aromatic carbocycles. The molecule has 0 saturated carbocycles. The van der Waals surface area contributed by atoms with Crippen LogP contribution in [0.15, 0.2) is 85.1 Å². The summed E-state index contributed by atoms with van der Waals surface area (Å²) in [6.45, 7) is 0. The van der Waals surface area contributed by atoms with E-state index in [9.17, 15) is 0 Å². The molecule has 0 amide bonds. The maximum absolute atomic E-state index is 5.32. The lowest BCUT2D eigenvalue weighted by Crippen LogP contribution is -2.29. The zero-order chi connectivity index (χ0) is 20.2. The molecule has 0 unspecified atom stereocenters. The summed E-state index contributed by atoms with van der Waals surface area (Å²) in [4.78, 5) is 2.42. The molecule has 0 bridgehead atoms. The molecule has 0 saturated heterocycles. The lowest BCUT2D eigenvalue weighted by molar-refractivity contribution is -0.660. The normalized spacial score (nSPS) is 10.6. The van der Waals surface area contributed by atoms with Gasteiger partial charge in [0, 0.05) is 35.4 Å². The standard InChI is InChI=1S/C25H23NO2S/c1-26-15-5-4-6-23(26)20-16-24(18-7-11-21(27-2)12-8-18)29-25(17-20)19-9-13-22(28-3)14-10-19/h4-17H,1-3H3/q+2. The number of benzene rings is 2. The number of pyridine rings is 1. The first-order chi connectivity index (χ1) is 14.2. The number of nitrogens with zero attached hydrogens (tertiary/aromatic N) is 1. The van der Waals surface area contributed by atoms with Crippen LogP contribution in [-0.4, -0.2) is 14.2 Å². The molecule has 3 nitrogen and oxygen atoms in total. The van der Waals surface area contributed by atoms with Gasteiger partial charge in [0.05, 0.1) is 19.8 Å². The molecule has 144 valence electrons. The van der Waals surface area contributed by atoms with Crippen molar-refractivity contribution in [2.75, 3.05) is 14.2 Å². The second-order valence-electron chi connectivity index (χ2n) is 6.73. The van der Waals surface area contributed by atoms with Crippen molar-refractivity contribution < 1.29 is 14.0 Å². The lowest BCUT2D eigenvalue weighted by atomic mass is 10.1. The van der Waals surface area contributed by atoms with Crippen LogP contribution >= 0.6 is 11.3 Å². The van der Waals surface area contributed by atoms with Crippen LogP contribution in [0.2, 0.25) is 0 Å². The van der Waals surface area contributed by atoms with Gasteiger partial charge >= 0.3 is 0 Å². The van der Waals surface area contributed by atoms with Crippen LogP contribution in [0.1, 0.15) is 0 Å². The summed E-state index contributed by atoms with van der Waals surface area (Å²) in [5.74, 6) is 1.72. The van der Waals surface area contributed by atoms with E-state index in [2.05, 4.69) is 66.3 Å². The van der Waals surface area contributed by atoms with Crippen molar-refractivity contribution in [3.63, 3.8) is 0 Å². The highest BCUT2D eigenvalue weighted by Crippen LogP contribution is 2.37. The molecule has 0 spiro atoms. The van der Waals surface area contributed by atoms with Crippen molar-refractivity contribution >= 4 is 11.3 Å². The van der Waals surface area contributed by atoms with Gasteiger partial charge in [-0.3, -0.25) is 0 Å². The Morgan fingerprint density at radius 3 is 1.62 bits per heavy atom. The Kier molecular flexibility index (Phi) is 5.54. The number of hydrogen-bond acceptors (Lipinski definition) is 2. The zero-order valence-corrected chi connectivity index (χ0v) is 17.6. The van der Waals surface area contributed by atoms with Gasteiger partial charge in [0.25, 0.3) is 0 Å². The topological polar surface area (TPSA) is 22.3 Å². The van der Waals surface area contributed by atoms with Gasteiger partial charge in [-0.25, -0.2) is 4.57 Å². The van der Waals surface area contributed by atoms with Crippen LogP contribution in [0.4, 0.5) is 0 Å². The van der Waals surface area contributed by atoms with Crippen LogP contribution in [0.5, 0.6) is 11.5 Å². The fourth-order valence-electron chi connectivity index (χ4n) is 3.27. The van der Waals surface area contributed by atoms with E-state index >= 15 is 0 Å². The van der Waals surface area contributed by atoms with Gasteiger partial charge in [-0.15, -0.1) is 0 Å². The average molecular weight is 402 g/mol. The second-order valence-corrected chi connectivity index (χ2v) is 7.81. The van der Waals surface area contributed by atoms with Crippen LogP contribution in [-0.2, 0) is 7.05 Å². The van der Waals surface area contributed by atoms with Crippen LogP contribution < -0.4 is 14.0 Å². The third-order valence-corrected chi connectivity index (χ3v) is 6.04. The third kappa shape index (κ3) is 4.13. The van der Waals surface area contributed by atoms with E-state index in [1.54, 1.807) is 25.6 Å². The fraction of sp³-hybridized carbons (Fsp3) is 0.120. The van der Waals surface area contributed by atoms with Crippen molar-refractivity contribution in [1.82, 2.24) is 0 Å². The summed E-state index contributed by atoms with van der Waals surface area (Å²) in [7, 11) is 5.46. The van der Waals surface area contributed by atoms with Crippen LogP contribution in [0, 0.1) is 0 Å². The molecule has 0 aliphatic rings. The third-order valence-electron chi connectivity index (χ3n) is 4.89. The van der Waals surface area contributed by atoms with Gasteiger partial charge in [0.2, 0.25) is 26.8 Å². The summed E-state index contributed by atoms with van der Waals surface area (Å²) in [6.07, 6.45) is 2.08. The first kappa shape index (κ1) is 19.1. The highest BCUT2D eigenvalue weighted by atomic mass is 32.1. The molecule has 4 heteroatoms. The molecule has 0 atom stereocenters. The van der Waals surface area contributed by atoms with E-state index in [1.807, 2.05) is 30.3 Å². The predicted octanol–water partition coefficient (Wildman–Crippen LogP) is 5.87. The second kappa shape index (κ2) is 8.41. The average Bonchev–Trinajstić information content (AvgIpc) is 2.79. The van der Waals surface area contributed by atoms with E-state index in [1.165, 1.54) is 32.1 Å². The largest absolute Gasteiger partial charge is 0.497 e. The van der Waals surface area contributed by atoms with Crippen molar-refractivity contribution in [2.24, 2.45) is 7.05 Å². The molecular weight excluding hydrogens is 378 g/mol. The molecule has 29 heavy (non-hydrogen) atoms. The van der Waals surface area contributed by atoms with Crippen LogP contribution in [0.3, 0.4) is 0 Å². The quantitative estimate of drug-likeness (QED) is 0.308. The van der Waals surface area contributed by atoms with E-state index in [0.29, 0.717) is 0 Å². The first-order valence-electron chi connectivity index (χ1n) is 9.40. The minimum Gasteiger partial charge on any atom is -0.497 e. The molecule has 2 heterocycles. The maximum Gasteiger partial charge on any atom is 0.239 e. The summed E-state index contributed by atoms with van der Waals surface area (Å²) in [5, 5.41) is 0. The Hall–Kier alpha value is -3.24. The lowest BCUT2D eigenvalue weighted by Gasteiger charge is -2.03. The molecule has 0 aliphatic carbocycles. The van der Waals surface area contributed by atoms with Gasteiger partial charge in [-0.05, 0) is 54.6 Å². The molecule has 0 fully saturated rings. The minimum absolute atomic E-state index is 0.861. The Morgan fingerprint density at radius 2 is 1.17 bits per heavy atom. The zero-order valence-electron chi connectivity index (χ0n) is 16.8. The number of ether oxygens (including phenoxy) is 2. The number of hydrogen-bond donors (Lipinski definition) is 0. The molecule has 0 aliphatic heterocycles. The van der Waals surface area contributed by atoms with Gasteiger partial charge in [-0.1, -0.05) is 0 Å². The van der Waals surface area contributed by atoms with Gasteiger partial charge in [0.1, 0.15) is 18.5 Å². The molecule has 0 radical (unpaired) electrons. The molecular formula is C25H23NO2S+2. The number of aryl methyl sites for hydroxylation is 1. The first-order valence-corrected chi connectivity index (χ1v) is 10.2. The van der Waals surface area contributed by atoms with Crippen molar-refractivity contribution in [1.29, 1.82) is 0 Å². The summed E-state index contributed by atoms with van der Waals surface area (Å²) >= 11 is 1.78. The smallest absolute Gasteiger partial charge is 0.239 e. The number of methoxy groups -OCH3 is 2. The summed E-state index contributed by atoms with van der Waals surface area (Å²) in [6, 6.07) is 27.2. The highest BCUT2D eigenvalue weighted by molar-refractivity contribution is 7.18. The van der Waals surface area contributed by atoms with Gasteiger partial charge < -0.3 is 9.47 Å². The van der Waals surface area contributed by atoms with E-state index < -0.39 is 0 Å². The SMILES string of the molecule is COc1ccc(-c2cc(-c3cccc[n+]3C)cc(-c3ccc(OC)cc3)[s+]2)cc1. The van der Waals surface area contributed by atoms with Gasteiger partial charge in [-0.2, -0.15) is 0 Å². The van der Waals surface area contributed by atoms with Crippen molar-refractivity contribution in [3.05, 3.63) is 85.1 Å². The summed E-state index contributed by atoms with van der Waals surface area (Å²) in [5.41, 5.74) is 4.70. The number of aromatic nitrogens is 1. The monoisotopic (exact) mass is 401 g/mol. The Labute approximate surface area is 175 Å². The fourth-order valence-corrected chi connectivity index (χ4v) is 4.38. The highest BCUT2D eigenvalue weighted by Gasteiger charge is 2.22. The van der Waals surface area contributed by atoms with E-state index in [0.717, 1.165) is 11.5 Å². The van der Waals surface area contributed by atoms with Crippen molar-refractivity contribution in [3.8, 4) is 43.6 Å². The Balaban J connectivity index is 1.87. The molecule has 2 aromatic heterocycles. The van der Waals surface area contributed by atoms with Crippen LogP contribution in [0.25, 0.3) is 32.1 Å². The molecule has 4 aromatic rings. The Morgan fingerprint density at radius 1 is 0.655 bits per heavy atom. The minimum atomic E-state index is 0.861. The van der Waals surface area contributed by atoms with Crippen molar-refractivity contribution in [2.45, 2.75) is 0 Å². The Bertz CT molecular complexity index is 1060.